The van der Waals surface area contributed by atoms with Gasteiger partial charge < -0.3 is 15.4 Å². The quantitative estimate of drug-likeness (QED) is 0.635. The van der Waals surface area contributed by atoms with Crippen LogP contribution in [0, 0.1) is 23.2 Å². The first-order valence-corrected chi connectivity index (χ1v) is 11.5. The fraction of sp³-hybridized carbons (Fsp3) is 0.682. The van der Waals surface area contributed by atoms with E-state index >= 15 is 0 Å². The van der Waals surface area contributed by atoms with Gasteiger partial charge in [0.15, 0.2) is 0 Å². The highest BCUT2D eigenvalue weighted by molar-refractivity contribution is 7.10. The first kappa shape index (κ1) is 20.4. The van der Waals surface area contributed by atoms with Gasteiger partial charge in [0.25, 0.3) is 0 Å². The van der Waals surface area contributed by atoms with Gasteiger partial charge in [0.1, 0.15) is 0 Å². The zero-order chi connectivity index (χ0) is 20.4. The number of nitrogens with one attached hydrogen (secondary N) is 2. The molecule has 4 aliphatic carbocycles. The van der Waals surface area contributed by atoms with E-state index in [9.17, 15) is 14.4 Å². The average molecular weight is 419 g/mol. The van der Waals surface area contributed by atoms with Crippen molar-refractivity contribution in [1.82, 2.24) is 10.6 Å². The Morgan fingerprint density at radius 3 is 2.34 bits per heavy atom. The van der Waals surface area contributed by atoms with E-state index in [0.29, 0.717) is 6.42 Å². The van der Waals surface area contributed by atoms with Crippen molar-refractivity contribution < 1.29 is 19.1 Å². The SMILES string of the molecule is COC(=O)CC(NC(=O)CNC(=O)CC12CC3CC(CC(C3)C1)C2)c1cccs1. The number of hydrogen-bond acceptors (Lipinski definition) is 5. The van der Waals surface area contributed by atoms with Crippen LogP contribution in [0.5, 0.6) is 0 Å². The molecule has 0 spiro atoms. The van der Waals surface area contributed by atoms with Crippen LogP contribution in [0.2, 0.25) is 0 Å². The van der Waals surface area contributed by atoms with Gasteiger partial charge in [0, 0.05) is 11.3 Å². The summed E-state index contributed by atoms with van der Waals surface area (Å²) in [6.45, 7) is -0.0613. The Hall–Kier alpha value is -1.89. The zero-order valence-corrected chi connectivity index (χ0v) is 17.8. The van der Waals surface area contributed by atoms with Crippen LogP contribution in [0.25, 0.3) is 0 Å². The molecule has 4 saturated carbocycles. The first-order chi connectivity index (χ1) is 13.9. The summed E-state index contributed by atoms with van der Waals surface area (Å²) in [5.41, 5.74) is 0.166. The fourth-order valence-corrected chi connectivity index (χ4v) is 7.07. The van der Waals surface area contributed by atoms with Gasteiger partial charge in [0.05, 0.1) is 26.1 Å². The Kier molecular flexibility index (Phi) is 5.95. The van der Waals surface area contributed by atoms with Crippen molar-refractivity contribution in [2.45, 2.75) is 57.4 Å². The molecule has 0 saturated heterocycles. The maximum atomic E-state index is 12.6. The lowest BCUT2D eigenvalue weighted by atomic mass is 9.49. The van der Waals surface area contributed by atoms with Crippen LogP contribution >= 0.6 is 11.3 Å². The molecule has 4 fully saturated rings. The van der Waals surface area contributed by atoms with Crippen molar-refractivity contribution in [3.8, 4) is 0 Å². The van der Waals surface area contributed by atoms with Crippen LogP contribution < -0.4 is 10.6 Å². The molecule has 1 heterocycles. The molecule has 0 aromatic carbocycles. The van der Waals surface area contributed by atoms with E-state index in [1.165, 1.54) is 57.0 Å². The first-order valence-electron chi connectivity index (χ1n) is 10.6. The zero-order valence-electron chi connectivity index (χ0n) is 16.9. The second-order valence-corrected chi connectivity index (χ2v) is 10.3. The third-order valence-electron chi connectivity index (χ3n) is 6.97. The van der Waals surface area contributed by atoms with Crippen molar-refractivity contribution >= 4 is 29.1 Å². The molecule has 2 amide bonds. The van der Waals surface area contributed by atoms with Gasteiger partial charge in [-0.25, -0.2) is 0 Å². The molecule has 5 rings (SSSR count). The van der Waals surface area contributed by atoms with E-state index in [1.807, 2.05) is 17.5 Å². The normalized spacial score (nSPS) is 30.6. The van der Waals surface area contributed by atoms with Crippen molar-refractivity contribution in [3.63, 3.8) is 0 Å². The molecule has 1 unspecified atom stereocenters. The summed E-state index contributed by atoms with van der Waals surface area (Å²) in [4.78, 5) is 37.6. The Balaban J connectivity index is 1.27. The van der Waals surface area contributed by atoms with Crippen LogP contribution in [-0.2, 0) is 19.1 Å². The van der Waals surface area contributed by atoms with E-state index in [2.05, 4.69) is 10.6 Å². The monoisotopic (exact) mass is 418 g/mol. The van der Waals surface area contributed by atoms with Gasteiger partial charge in [-0.3, -0.25) is 14.4 Å². The van der Waals surface area contributed by atoms with Crippen LogP contribution in [0.4, 0.5) is 0 Å². The molecule has 0 radical (unpaired) electrons. The van der Waals surface area contributed by atoms with E-state index in [1.54, 1.807) is 0 Å². The predicted molar refractivity (Wildman–Crippen MR) is 110 cm³/mol. The number of rotatable bonds is 8. The van der Waals surface area contributed by atoms with Gasteiger partial charge in [-0.05, 0) is 73.1 Å². The number of methoxy groups -OCH3 is 1. The highest BCUT2D eigenvalue weighted by atomic mass is 32.1. The van der Waals surface area contributed by atoms with Gasteiger partial charge in [0.2, 0.25) is 11.8 Å². The molecule has 0 aliphatic heterocycles. The lowest BCUT2D eigenvalue weighted by Gasteiger charge is -2.56. The second kappa shape index (κ2) is 8.46. The van der Waals surface area contributed by atoms with E-state index in [0.717, 1.165) is 22.6 Å². The third kappa shape index (κ3) is 4.82. The summed E-state index contributed by atoms with van der Waals surface area (Å²) in [5.74, 6) is 1.73. The van der Waals surface area contributed by atoms with Gasteiger partial charge >= 0.3 is 5.97 Å². The minimum atomic E-state index is -0.435. The molecule has 1 atom stereocenters. The van der Waals surface area contributed by atoms with E-state index in [-0.39, 0.29) is 36.2 Å². The number of carbonyl (C=O) groups is 3. The Bertz CT molecular complexity index is 726. The van der Waals surface area contributed by atoms with Gasteiger partial charge in [-0.15, -0.1) is 11.3 Å². The summed E-state index contributed by atoms with van der Waals surface area (Å²) in [6.07, 6.45) is 8.22. The molecule has 4 aliphatic rings. The number of hydrogen-bond donors (Lipinski definition) is 2. The van der Waals surface area contributed by atoms with E-state index in [4.69, 9.17) is 4.74 Å². The summed E-state index contributed by atoms with van der Waals surface area (Å²) in [7, 11) is 1.33. The molecular weight excluding hydrogens is 388 g/mol. The Morgan fingerprint density at radius 1 is 1.14 bits per heavy atom. The molecule has 29 heavy (non-hydrogen) atoms. The fourth-order valence-electron chi connectivity index (χ4n) is 6.30. The number of amides is 2. The minimum Gasteiger partial charge on any atom is -0.469 e. The molecular formula is C22H30N2O4S. The summed E-state index contributed by atoms with van der Waals surface area (Å²) >= 11 is 1.48. The van der Waals surface area contributed by atoms with Gasteiger partial charge in [-0.1, -0.05) is 6.07 Å². The smallest absolute Gasteiger partial charge is 0.307 e. The minimum absolute atomic E-state index is 0.0252. The summed E-state index contributed by atoms with van der Waals surface area (Å²) < 4.78 is 4.74. The van der Waals surface area contributed by atoms with Crippen molar-refractivity contribution in [2.24, 2.45) is 23.2 Å². The summed E-state index contributed by atoms with van der Waals surface area (Å²) in [5, 5.41) is 7.57. The molecule has 2 N–H and O–H groups in total. The highest BCUT2D eigenvalue weighted by Crippen LogP contribution is 2.61. The largest absolute Gasteiger partial charge is 0.469 e. The van der Waals surface area contributed by atoms with Crippen LogP contribution in [0.3, 0.4) is 0 Å². The molecule has 1 aromatic rings. The molecule has 6 nitrogen and oxygen atoms in total. The average Bonchev–Trinajstić information content (AvgIpc) is 3.19. The van der Waals surface area contributed by atoms with Crippen molar-refractivity contribution in [3.05, 3.63) is 22.4 Å². The molecule has 7 heteroatoms. The van der Waals surface area contributed by atoms with Crippen LogP contribution in [0.1, 0.15) is 62.3 Å². The lowest BCUT2D eigenvalue weighted by Crippen LogP contribution is -2.48. The number of ether oxygens (including phenoxy) is 1. The maximum Gasteiger partial charge on any atom is 0.307 e. The third-order valence-corrected chi connectivity index (χ3v) is 7.95. The molecule has 1 aromatic heterocycles. The predicted octanol–water partition coefficient (Wildman–Crippen LogP) is 3.19. The highest BCUT2D eigenvalue weighted by Gasteiger charge is 2.51. The van der Waals surface area contributed by atoms with Crippen LogP contribution in [-0.4, -0.2) is 31.4 Å². The topological polar surface area (TPSA) is 84.5 Å². The molecule has 4 bridgehead atoms. The molecule has 158 valence electrons. The van der Waals surface area contributed by atoms with Gasteiger partial charge in [-0.2, -0.15) is 0 Å². The van der Waals surface area contributed by atoms with Crippen LogP contribution in [0.15, 0.2) is 17.5 Å². The second-order valence-electron chi connectivity index (χ2n) is 9.29. The standard InChI is InChI=1S/C22H30N2O4S/c1-28-21(27)8-17(18-3-2-4-29-18)24-20(26)13-23-19(25)12-22-9-14-5-15(10-22)7-16(6-14)11-22/h2-4,14-17H,5-13H2,1H3,(H,23,25)(H,24,26). The lowest BCUT2D eigenvalue weighted by molar-refractivity contribution is -0.141. The Labute approximate surface area is 175 Å². The summed E-state index contributed by atoms with van der Waals surface area (Å²) in [6, 6.07) is 3.32. The maximum absolute atomic E-state index is 12.6. The number of esters is 1. The number of thiophene rings is 1. The Morgan fingerprint density at radius 2 is 1.79 bits per heavy atom. The van der Waals surface area contributed by atoms with E-state index < -0.39 is 6.04 Å². The van der Waals surface area contributed by atoms with Crippen molar-refractivity contribution in [1.29, 1.82) is 0 Å². The van der Waals surface area contributed by atoms with Crippen molar-refractivity contribution in [2.75, 3.05) is 13.7 Å². The number of carbonyl (C=O) groups excluding carboxylic acids is 3.